The topological polar surface area (TPSA) is 41.1 Å². The van der Waals surface area contributed by atoms with E-state index in [0.717, 1.165) is 37.6 Å². The first-order valence-corrected chi connectivity index (χ1v) is 8.69. The summed E-state index contributed by atoms with van der Waals surface area (Å²) in [5.74, 6) is 3.33. The number of thioether (sulfide) groups is 1. The zero-order chi connectivity index (χ0) is 14.5. The van der Waals surface area contributed by atoms with Gasteiger partial charge < -0.3 is 10.2 Å². The molecule has 1 saturated heterocycles. The van der Waals surface area contributed by atoms with Gasteiger partial charge in [0.05, 0.1) is 0 Å². The minimum absolute atomic E-state index is 0.522. The summed E-state index contributed by atoms with van der Waals surface area (Å²) in [7, 11) is 0. The van der Waals surface area contributed by atoms with Crippen LogP contribution in [0.1, 0.15) is 39.7 Å². The number of hydrogen-bond donors (Lipinski definition) is 1. The quantitative estimate of drug-likeness (QED) is 0.903. The molecule has 0 aliphatic carbocycles. The van der Waals surface area contributed by atoms with Gasteiger partial charge in [-0.3, -0.25) is 0 Å². The largest absolute Gasteiger partial charge is 0.370 e. The summed E-state index contributed by atoms with van der Waals surface area (Å²) >= 11 is 2.06. The molecule has 20 heavy (non-hydrogen) atoms. The molecule has 1 N–H and O–H groups in total. The van der Waals surface area contributed by atoms with Crippen LogP contribution in [0.15, 0.2) is 6.33 Å². The molecule has 0 saturated carbocycles. The van der Waals surface area contributed by atoms with Crippen molar-refractivity contribution in [2.75, 3.05) is 29.1 Å². The van der Waals surface area contributed by atoms with Crippen molar-refractivity contribution in [1.82, 2.24) is 9.97 Å². The summed E-state index contributed by atoms with van der Waals surface area (Å²) < 4.78 is 0. The van der Waals surface area contributed by atoms with Crippen LogP contribution in [-0.4, -0.2) is 40.1 Å². The van der Waals surface area contributed by atoms with Gasteiger partial charge in [0.25, 0.3) is 0 Å². The second-order valence-electron chi connectivity index (χ2n) is 5.31. The molecule has 0 aromatic carbocycles. The Labute approximate surface area is 126 Å². The molecule has 112 valence electrons. The number of aromatic nitrogens is 2. The summed E-state index contributed by atoms with van der Waals surface area (Å²) in [5, 5.41) is 4.03. The zero-order valence-corrected chi connectivity index (χ0v) is 13.8. The van der Waals surface area contributed by atoms with Crippen LogP contribution in [-0.2, 0) is 6.42 Å². The fourth-order valence-electron chi connectivity index (χ4n) is 2.68. The second kappa shape index (κ2) is 7.16. The van der Waals surface area contributed by atoms with Crippen molar-refractivity contribution < 1.29 is 0 Å². The minimum Gasteiger partial charge on any atom is -0.370 e. The standard InChI is InChI=1S/C15H26N4S/c1-5-7-13-14(16-6-2)17-10-18-15(13)19-8-9-20-12(4)11(19)3/h10-12H,5-9H2,1-4H3,(H,16,17,18). The Morgan fingerprint density at radius 2 is 2.15 bits per heavy atom. The number of rotatable bonds is 5. The summed E-state index contributed by atoms with van der Waals surface area (Å²) in [6.07, 6.45) is 3.85. The van der Waals surface area contributed by atoms with E-state index in [0.29, 0.717) is 11.3 Å². The molecular weight excluding hydrogens is 268 g/mol. The van der Waals surface area contributed by atoms with Crippen LogP contribution in [0.4, 0.5) is 11.6 Å². The highest BCUT2D eigenvalue weighted by Crippen LogP contribution is 2.32. The molecule has 1 aromatic rings. The van der Waals surface area contributed by atoms with Gasteiger partial charge in [0.15, 0.2) is 0 Å². The molecule has 1 fully saturated rings. The van der Waals surface area contributed by atoms with Crippen molar-refractivity contribution in [3.8, 4) is 0 Å². The molecule has 2 unspecified atom stereocenters. The Kier molecular flexibility index (Phi) is 5.52. The first-order chi connectivity index (χ1) is 9.69. The SMILES string of the molecule is CCCc1c(NCC)ncnc1N1CCSC(C)C1C. The molecule has 1 aliphatic rings. The van der Waals surface area contributed by atoms with E-state index in [-0.39, 0.29) is 0 Å². The van der Waals surface area contributed by atoms with E-state index in [4.69, 9.17) is 0 Å². The maximum atomic E-state index is 4.61. The molecule has 2 rings (SSSR count). The molecule has 0 amide bonds. The van der Waals surface area contributed by atoms with Gasteiger partial charge >= 0.3 is 0 Å². The molecule has 1 aliphatic heterocycles. The van der Waals surface area contributed by atoms with Gasteiger partial charge in [-0.05, 0) is 20.3 Å². The van der Waals surface area contributed by atoms with E-state index < -0.39 is 0 Å². The van der Waals surface area contributed by atoms with Crippen LogP contribution < -0.4 is 10.2 Å². The van der Waals surface area contributed by atoms with Gasteiger partial charge in [0.2, 0.25) is 0 Å². The van der Waals surface area contributed by atoms with E-state index in [1.807, 2.05) is 0 Å². The highest BCUT2D eigenvalue weighted by Gasteiger charge is 2.28. The van der Waals surface area contributed by atoms with Crippen LogP contribution in [0, 0.1) is 0 Å². The molecule has 0 spiro atoms. The third-order valence-electron chi connectivity index (χ3n) is 3.92. The van der Waals surface area contributed by atoms with Crippen molar-refractivity contribution in [3.63, 3.8) is 0 Å². The molecular formula is C15H26N4S. The molecule has 0 radical (unpaired) electrons. The Morgan fingerprint density at radius 1 is 1.35 bits per heavy atom. The van der Waals surface area contributed by atoms with Crippen molar-refractivity contribution >= 4 is 23.4 Å². The van der Waals surface area contributed by atoms with Gasteiger partial charge in [0, 0.05) is 35.7 Å². The fourth-order valence-corrected chi connectivity index (χ4v) is 3.78. The number of nitrogens with zero attached hydrogens (tertiary/aromatic N) is 3. The summed E-state index contributed by atoms with van der Waals surface area (Å²) in [4.78, 5) is 11.5. The second-order valence-corrected chi connectivity index (χ2v) is 6.80. The third kappa shape index (κ3) is 3.19. The summed E-state index contributed by atoms with van der Waals surface area (Å²) in [6.45, 7) is 10.9. The van der Waals surface area contributed by atoms with Crippen LogP contribution in [0.5, 0.6) is 0 Å². The van der Waals surface area contributed by atoms with Crippen molar-refractivity contribution in [1.29, 1.82) is 0 Å². The predicted octanol–water partition coefficient (Wildman–Crippen LogP) is 3.19. The van der Waals surface area contributed by atoms with Gasteiger partial charge in [-0.15, -0.1) is 0 Å². The lowest BCUT2D eigenvalue weighted by Gasteiger charge is -2.39. The van der Waals surface area contributed by atoms with E-state index in [2.05, 4.69) is 59.6 Å². The van der Waals surface area contributed by atoms with E-state index in [1.165, 1.54) is 11.3 Å². The highest BCUT2D eigenvalue weighted by atomic mass is 32.2. The van der Waals surface area contributed by atoms with Crippen molar-refractivity contribution in [2.45, 2.75) is 51.8 Å². The number of hydrogen-bond acceptors (Lipinski definition) is 5. The van der Waals surface area contributed by atoms with Crippen LogP contribution >= 0.6 is 11.8 Å². The maximum absolute atomic E-state index is 4.61. The van der Waals surface area contributed by atoms with E-state index >= 15 is 0 Å². The molecule has 4 nitrogen and oxygen atoms in total. The lowest BCUT2D eigenvalue weighted by atomic mass is 10.1. The molecule has 0 bridgehead atoms. The lowest BCUT2D eigenvalue weighted by molar-refractivity contribution is 0.616. The van der Waals surface area contributed by atoms with Gasteiger partial charge in [-0.1, -0.05) is 20.3 Å². The average molecular weight is 294 g/mol. The average Bonchev–Trinajstić information content (AvgIpc) is 2.44. The van der Waals surface area contributed by atoms with Gasteiger partial charge in [0.1, 0.15) is 18.0 Å². The van der Waals surface area contributed by atoms with Crippen molar-refractivity contribution in [3.05, 3.63) is 11.9 Å². The molecule has 2 heterocycles. The predicted molar refractivity (Wildman–Crippen MR) is 88.9 cm³/mol. The van der Waals surface area contributed by atoms with Crippen LogP contribution in [0.3, 0.4) is 0 Å². The van der Waals surface area contributed by atoms with Crippen LogP contribution in [0.2, 0.25) is 0 Å². The van der Waals surface area contributed by atoms with Crippen LogP contribution in [0.25, 0.3) is 0 Å². The molecule has 5 heteroatoms. The Hall–Kier alpha value is -0.970. The number of anilines is 2. The van der Waals surface area contributed by atoms with E-state index in [9.17, 15) is 0 Å². The summed E-state index contributed by atoms with van der Waals surface area (Å²) in [5.41, 5.74) is 1.28. The monoisotopic (exact) mass is 294 g/mol. The maximum Gasteiger partial charge on any atom is 0.137 e. The van der Waals surface area contributed by atoms with Gasteiger partial charge in [-0.2, -0.15) is 11.8 Å². The fraction of sp³-hybridized carbons (Fsp3) is 0.733. The Morgan fingerprint density at radius 3 is 2.85 bits per heavy atom. The smallest absolute Gasteiger partial charge is 0.137 e. The number of nitrogens with one attached hydrogen (secondary N) is 1. The third-order valence-corrected chi connectivity index (χ3v) is 5.26. The zero-order valence-electron chi connectivity index (χ0n) is 13.0. The molecule has 1 aromatic heterocycles. The normalized spacial score (nSPS) is 22.9. The molecule has 2 atom stereocenters. The minimum atomic E-state index is 0.522. The first-order valence-electron chi connectivity index (χ1n) is 7.65. The van der Waals surface area contributed by atoms with Gasteiger partial charge in [-0.25, -0.2) is 9.97 Å². The Balaban J connectivity index is 2.36. The lowest BCUT2D eigenvalue weighted by Crippen LogP contribution is -2.45. The first kappa shape index (κ1) is 15.4. The summed E-state index contributed by atoms with van der Waals surface area (Å²) in [6, 6.07) is 0.522. The Bertz CT molecular complexity index is 438. The van der Waals surface area contributed by atoms with Crippen molar-refractivity contribution in [2.24, 2.45) is 0 Å². The highest BCUT2D eigenvalue weighted by molar-refractivity contribution is 8.00. The van der Waals surface area contributed by atoms with E-state index in [1.54, 1.807) is 6.33 Å².